The zero-order valence-electron chi connectivity index (χ0n) is 10.8. The molecule has 2 rings (SSSR count). The van der Waals surface area contributed by atoms with Crippen molar-refractivity contribution in [3.63, 3.8) is 0 Å². The summed E-state index contributed by atoms with van der Waals surface area (Å²) in [5.74, 6) is 0.147. The summed E-state index contributed by atoms with van der Waals surface area (Å²) < 4.78 is 5.65. The normalized spacial score (nSPS) is 25.1. The Morgan fingerprint density at radius 1 is 1.35 bits per heavy atom. The molecule has 1 aliphatic heterocycles. The van der Waals surface area contributed by atoms with Crippen LogP contribution in [0.25, 0.3) is 0 Å². The van der Waals surface area contributed by atoms with Crippen LogP contribution in [-0.4, -0.2) is 36.1 Å². The monoisotopic (exact) mass is 253 g/mol. The van der Waals surface area contributed by atoms with Crippen LogP contribution in [0.3, 0.4) is 0 Å². The standard InChI is InChI=1S/C13H19NO2S/c1-8-5-14(6-9(2)16-8)13(15)12-7-17-11(4)10(12)3/h7-9H,5-6H2,1-4H3/t8-,9-/m0/s1. The van der Waals surface area contributed by atoms with Crippen molar-refractivity contribution < 1.29 is 9.53 Å². The number of rotatable bonds is 1. The van der Waals surface area contributed by atoms with E-state index >= 15 is 0 Å². The number of carbonyl (C=O) groups excluding carboxylic acids is 1. The van der Waals surface area contributed by atoms with Gasteiger partial charge in [0.05, 0.1) is 17.8 Å². The smallest absolute Gasteiger partial charge is 0.255 e. The van der Waals surface area contributed by atoms with E-state index in [4.69, 9.17) is 4.74 Å². The number of hydrogen-bond acceptors (Lipinski definition) is 3. The van der Waals surface area contributed by atoms with Crippen molar-refractivity contribution in [1.82, 2.24) is 4.90 Å². The summed E-state index contributed by atoms with van der Waals surface area (Å²) in [5, 5.41) is 1.97. The molecule has 0 radical (unpaired) electrons. The molecular formula is C13H19NO2S. The molecule has 0 saturated carbocycles. The molecule has 1 aromatic rings. The number of morpholine rings is 1. The summed E-state index contributed by atoms with van der Waals surface area (Å²) in [6, 6.07) is 0. The van der Waals surface area contributed by atoms with Gasteiger partial charge in [0.2, 0.25) is 0 Å². The van der Waals surface area contributed by atoms with Gasteiger partial charge in [-0.05, 0) is 33.3 Å². The summed E-state index contributed by atoms with van der Waals surface area (Å²) in [7, 11) is 0. The first kappa shape index (κ1) is 12.6. The minimum absolute atomic E-state index is 0.128. The highest BCUT2D eigenvalue weighted by atomic mass is 32.1. The molecule has 1 aliphatic rings. The van der Waals surface area contributed by atoms with Gasteiger partial charge in [0.25, 0.3) is 5.91 Å². The van der Waals surface area contributed by atoms with Crippen LogP contribution in [0.15, 0.2) is 5.38 Å². The Labute approximate surface area is 106 Å². The molecule has 0 unspecified atom stereocenters. The third kappa shape index (κ3) is 2.53. The highest BCUT2D eigenvalue weighted by Crippen LogP contribution is 2.23. The number of nitrogens with zero attached hydrogens (tertiary/aromatic N) is 1. The molecule has 0 aliphatic carbocycles. The Hall–Kier alpha value is -0.870. The number of amides is 1. The van der Waals surface area contributed by atoms with Crippen LogP contribution < -0.4 is 0 Å². The summed E-state index contributed by atoms with van der Waals surface area (Å²) in [4.78, 5) is 15.5. The van der Waals surface area contributed by atoms with Gasteiger partial charge < -0.3 is 9.64 Å². The van der Waals surface area contributed by atoms with Gasteiger partial charge >= 0.3 is 0 Å². The van der Waals surface area contributed by atoms with Crippen molar-refractivity contribution in [3.8, 4) is 0 Å². The first-order valence-corrected chi connectivity index (χ1v) is 6.86. The molecule has 2 atom stereocenters. The maximum Gasteiger partial charge on any atom is 0.255 e. The topological polar surface area (TPSA) is 29.5 Å². The predicted octanol–water partition coefficient (Wildman–Crippen LogP) is 2.61. The highest BCUT2D eigenvalue weighted by molar-refractivity contribution is 7.10. The van der Waals surface area contributed by atoms with Gasteiger partial charge in [-0.3, -0.25) is 4.79 Å². The van der Waals surface area contributed by atoms with Crippen molar-refractivity contribution in [3.05, 3.63) is 21.4 Å². The molecular weight excluding hydrogens is 234 g/mol. The predicted molar refractivity (Wildman–Crippen MR) is 69.7 cm³/mol. The van der Waals surface area contributed by atoms with Gasteiger partial charge in [0.15, 0.2) is 0 Å². The van der Waals surface area contributed by atoms with Crippen LogP contribution >= 0.6 is 11.3 Å². The van der Waals surface area contributed by atoms with Crippen molar-refractivity contribution in [1.29, 1.82) is 0 Å². The summed E-state index contributed by atoms with van der Waals surface area (Å²) in [6.45, 7) is 9.49. The van der Waals surface area contributed by atoms with Crippen LogP contribution in [0.5, 0.6) is 0 Å². The van der Waals surface area contributed by atoms with Gasteiger partial charge in [0.1, 0.15) is 0 Å². The lowest BCUT2D eigenvalue weighted by molar-refractivity contribution is -0.0586. The van der Waals surface area contributed by atoms with Crippen molar-refractivity contribution in [2.45, 2.75) is 39.9 Å². The van der Waals surface area contributed by atoms with E-state index in [0.717, 1.165) is 11.1 Å². The third-order valence-corrected chi connectivity index (χ3v) is 4.24. The fourth-order valence-electron chi connectivity index (χ4n) is 2.24. The van der Waals surface area contributed by atoms with E-state index in [9.17, 15) is 4.79 Å². The van der Waals surface area contributed by atoms with E-state index in [0.29, 0.717) is 13.1 Å². The Morgan fingerprint density at radius 3 is 2.41 bits per heavy atom. The zero-order chi connectivity index (χ0) is 12.6. The lowest BCUT2D eigenvalue weighted by Crippen LogP contribution is -2.48. The van der Waals surface area contributed by atoms with Crippen molar-refractivity contribution in [2.24, 2.45) is 0 Å². The summed E-state index contributed by atoms with van der Waals surface area (Å²) >= 11 is 1.65. The summed E-state index contributed by atoms with van der Waals surface area (Å²) in [5.41, 5.74) is 1.97. The molecule has 1 amide bonds. The molecule has 1 saturated heterocycles. The SMILES string of the molecule is Cc1scc(C(=O)N2C[C@H](C)O[C@@H](C)C2)c1C. The highest BCUT2D eigenvalue weighted by Gasteiger charge is 2.27. The van der Waals surface area contributed by atoms with Crippen LogP contribution in [0, 0.1) is 13.8 Å². The van der Waals surface area contributed by atoms with E-state index in [1.54, 1.807) is 11.3 Å². The third-order valence-electron chi connectivity index (χ3n) is 3.22. The molecule has 1 aromatic heterocycles. The van der Waals surface area contributed by atoms with Gasteiger partial charge in [-0.2, -0.15) is 0 Å². The first-order chi connectivity index (χ1) is 7.99. The molecule has 0 aromatic carbocycles. The minimum atomic E-state index is 0.128. The molecule has 4 heteroatoms. The average Bonchev–Trinajstić information content (AvgIpc) is 2.57. The van der Waals surface area contributed by atoms with Gasteiger partial charge in [-0.1, -0.05) is 0 Å². The second-order valence-corrected chi connectivity index (χ2v) is 5.88. The Bertz CT molecular complexity index is 417. The fourth-order valence-corrected chi connectivity index (χ4v) is 3.10. The Balaban J connectivity index is 2.17. The second kappa shape index (κ2) is 4.78. The van der Waals surface area contributed by atoms with Crippen LogP contribution in [0.4, 0.5) is 0 Å². The number of aryl methyl sites for hydroxylation is 1. The van der Waals surface area contributed by atoms with Gasteiger partial charge in [-0.15, -0.1) is 11.3 Å². The fraction of sp³-hybridized carbons (Fsp3) is 0.615. The number of carbonyl (C=O) groups is 1. The molecule has 1 fully saturated rings. The quantitative estimate of drug-likeness (QED) is 0.770. The van der Waals surface area contributed by atoms with E-state index in [-0.39, 0.29) is 18.1 Å². The van der Waals surface area contributed by atoms with Crippen LogP contribution in [0.2, 0.25) is 0 Å². The van der Waals surface area contributed by atoms with Crippen LogP contribution in [-0.2, 0) is 4.74 Å². The second-order valence-electron chi connectivity index (χ2n) is 4.80. The molecule has 0 N–H and O–H groups in total. The van der Waals surface area contributed by atoms with Crippen LogP contribution in [0.1, 0.15) is 34.6 Å². The number of hydrogen-bond donors (Lipinski definition) is 0. The van der Waals surface area contributed by atoms with Crippen molar-refractivity contribution >= 4 is 17.2 Å². The number of ether oxygens (including phenoxy) is 1. The molecule has 0 spiro atoms. The van der Waals surface area contributed by atoms with E-state index in [1.165, 1.54) is 4.88 Å². The molecule has 17 heavy (non-hydrogen) atoms. The molecule has 94 valence electrons. The molecule has 2 heterocycles. The lowest BCUT2D eigenvalue weighted by Gasteiger charge is -2.35. The van der Waals surface area contributed by atoms with E-state index in [2.05, 4.69) is 6.92 Å². The number of thiophene rings is 1. The lowest BCUT2D eigenvalue weighted by atomic mass is 10.1. The van der Waals surface area contributed by atoms with Gasteiger partial charge in [0, 0.05) is 23.3 Å². The maximum absolute atomic E-state index is 12.4. The van der Waals surface area contributed by atoms with E-state index in [1.807, 2.05) is 31.1 Å². The van der Waals surface area contributed by atoms with E-state index < -0.39 is 0 Å². The summed E-state index contributed by atoms with van der Waals surface area (Å²) in [6.07, 6.45) is 0.255. The Kier molecular flexibility index (Phi) is 3.54. The molecule has 0 bridgehead atoms. The Morgan fingerprint density at radius 2 is 1.94 bits per heavy atom. The van der Waals surface area contributed by atoms with Gasteiger partial charge in [-0.25, -0.2) is 0 Å². The average molecular weight is 253 g/mol. The largest absolute Gasteiger partial charge is 0.372 e. The first-order valence-electron chi connectivity index (χ1n) is 5.98. The van der Waals surface area contributed by atoms with Crippen molar-refractivity contribution in [2.75, 3.05) is 13.1 Å². The minimum Gasteiger partial charge on any atom is -0.372 e. The zero-order valence-corrected chi connectivity index (χ0v) is 11.6. The molecule has 3 nitrogen and oxygen atoms in total. The maximum atomic E-state index is 12.4.